The number of hydrogen-bond acceptors (Lipinski definition) is 8. The van der Waals surface area contributed by atoms with Crippen LogP contribution in [0.4, 0.5) is 5.69 Å². The van der Waals surface area contributed by atoms with Crippen LogP contribution in [0.2, 0.25) is 0 Å². The molecule has 9 nitrogen and oxygen atoms in total. The topological polar surface area (TPSA) is 150 Å². The fourth-order valence-corrected chi connectivity index (χ4v) is 3.02. The van der Waals surface area contributed by atoms with Gasteiger partial charge >= 0.3 is 5.97 Å². The molecule has 0 unspecified atom stereocenters. The molecule has 140 valence electrons. The highest BCUT2D eigenvalue weighted by Gasteiger charge is 2.26. The molecule has 2 rings (SSSR count). The number of carbonyl (C=O) groups is 1. The van der Waals surface area contributed by atoms with Gasteiger partial charge in [0.25, 0.3) is 5.69 Å². The third kappa shape index (κ3) is 3.41. The Bertz CT molecular complexity index is 904. The quantitative estimate of drug-likeness (QED) is 0.151. The molecule has 2 aromatic rings. The van der Waals surface area contributed by atoms with Crippen molar-refractivity contribution in [2.24, 2.45) is 5.41 Å². The molecular formula is C16H19NO8Si. The van der Waals surface area contributed by atoms with Crippen molar-refractivity contribution in [2.75, 3.05) is 0 Å². The predicted octanol–water partition coefficient (Wildman–Crippen LogP) is 0.655. The number of aromatic hydroxyl groups is 3. The van der Waals surface area contributed by atoms with Gasteiger partial charge in [-0.05, 0) is 26.8 Å². The summed E-state index contributed by atoms with van der Waals surface area (Å²) in [5, 5.41) is 41.2. The van der Waals surface area contributed by atoms with E-state index in [1.54, 1.807) is 20.8 Å². The van der Waals surface area contributed by atoms with E-state index in [1.165, 1.54) is 6.07 Å². The zero-order chi connectivity index (χ0) is 19.8. The Hall–Kier alpha value is -2.85. The van der Waals surface area contributed by atoms with E-state index >= 15 is 0 Å². The molecule has 0 aliphatic rings. The molecule has 0 spiro atoms. The van der Waals surface area contributed by atoms with Gasteiger partial charge in [0.1, 0.15) is 12.4 Å². The number of hydrogen-bond donors (Lipinski definition) is 4. The summed E-state index contributed by atoms with van der Waals surface area (Å²) in [6.07, 6.45) is 0. The molecule has 0 bridgehead atoms. The molecule has 0 atom stereocenters. The Labute approximate surface area is 150 Å². The van der Waals surface area contributed by atoms with Gasteiger partial charge in [0.05, 0.1) is 15.9 Å². The number of phenols is 3. The van der Waals surface area contributed by atoms with Crippen molar-refractivity contribution in [1.82, 2.24) is 0 Å². The standard InChI is InChI=1S/C16H19NO8Si/c1-16(2,3)15(21)25-6-7-4-8-9(5-10(7)17(22)23)11(18)13(20)14(26-24)12(8)19/h4-5,18-20,24H,6,26H2,1-3H3. The van der Waals surface area contributed by atoms with Gasteiger partial charge in [-0.25, -0.2) is 0 Å². The van der Waals surface area contributed by atoms with Crippen LogP contribution in [0.1, 0.15) is 26.3 Å². The Morgan fingerprint density at radius 3 is 2.23 bits per heavy atom. The zero-order valence-electron chi connectivity index (χ0n) is 14.4. The maximum atomic E-state index is 11.9. The molecule has 0 aliphatic heterocycles. The summed E-state index contributed by atoms with van der Waals surface area (Å²) in [6, 6.07) is 2.18. The van der Waals surface area contributed by atoms with Gasteiger partial charge in [0.2, 0.25) is 0 Å². The summed E-state index contributed by atoms with van der Waals surface area (Å²) >= 11 is 0. The average Bonchev–Trinajstić information content (AvgIpc) is 2.56. The van der Waals surface area contributed by atoms with Crippen molar-refractivity contribution < 1.29 is 34.6 Å². The molecule has 0 saturated heterocycles. The Morgan fingerprint density at radius 1 is 1.15 bits per heavy atom. The first-order valence-electron chi connectivity index (χ1n) is 7.63. The lowest BCUT2D eigenvalue weighted by atomic mass is 9.97. The molecule has 4 N–H and O–H groups in total. The van der Waals surface area contributed by atoms with Crippen LogP contribution in [-0.2, 0) is 16.1 Å². The number of fused-ring (bicyclic) bond motifs is 1. The van der Waals surface area contributed by atoms with E-state index < -0.39 is 55.6 Å². The lowest BCUT2D eigenvalue weighted by molar-refractivity contribution is -0.385. The van der Waals surface area contributed by atoms with Gasteiger partial charge < -0.3 is 24.9 Å². The second kappa shape index (κ2) is 6.81. The van der Waals surface area contributed by atoms with Crippen LogP contribution in [0.25, 0.3) is 10.8 Å². The molecule has 2 aromatic carbocycles. The lowest BCUT2D eigenvalue weighted by Gasteiger charge is -2.17. The highest BCUT2D eigenvalue weighted by Crippen LogP contribution is 2.40. The van der Waals surface area contributed by atoms with Crippen molar-refractivity contribution in [1.29, 1.82) is 0 Å². The van der Waals surface area contributed by atoms with Gasteiger partial charge in [-0.1, -0.05) is 0 Å². The Morgan fingerprint density at radius 2 is 1.73 bits per heavy atom. The van der Waals surface area contributed by atoms with Crippen molar-refractivity contribution in [3.8, 4) is 17.2 Å². The van der Waals surface area contributed by atoms with Crippen molar-refractivity contribution >= 4 is 37.4 Å². The van der Waals surface area contributed by atoms with E-state index in [0.717, 1.165) is 6.07 Å². The molecule has 26 heavy (non-hydrogen) atoms. The summed E-state index contributed by atoms with van der Waals surface area (Å²) in [7, 11) is -2.04. The molecule has 10 heteroatoms. The van der Waals surface area contributed by atoms with Crippen LogP contribution in [0.5, 0.6) is 17.2 Å². The largest absolute Gasteiger partial charge is 0.507 e. The van der Waals surface area contributed by atoms with Crippen molar-refractivity contribution in [3.05, 3.63) is 27.8 Å². The summed E-state index contributed by atoms with van der Waals surface area (Å²) < 4.78 is 5.11. The third-order valence-electron chi connectivity index (χ3n) is 3.85. The maximum Gasteiger partial charge on any atom is 0.311 e. The fraction of sp³-hybridized carbons (Fsp3) is 0.312. The van der Waals surface area contributed by atoms with Crippen LogP contribution >= 0.6 is 0 Å². The van der Waals surface area contributed by atoms with Crippen molar-refractivity contribution in [3.63, 3.8) is 0 Å². The number of nitro groups is 1. The number of nitro benzene ring substituents is 1. The zero-order valence-corrected chi connectivity index (χ0v) is 15.9. The number of benzene rings is 2. The van der Waals surface area contributed by atoms with Crippen LogP contribution in [-0.4, -0.2) is 40.8 Å². The highest BCUT2D eigenvalue weighted by atomic mass is 28.2. The lowest BCUT2D eigenvalue weighted by Crippen LogP contribution is -2.22. The molecule has 0 amide bonds. The number of nitrogens with zero attached hydrogens (tertiary/aromatic N) is 1. The molecule has 0 fully saturated rings. The molecule has 0 aliphatic carbocycles. The van der Waals surface area contributed by atoms with Crippen LogP contribution < -0.4 is 5.19 Å². The summed E-state index contributed by atoms with van der Waals surface area (Å²) in [5.41, 5.74) is -1.23. The smallest absolute Gasteiger partial charge is 0.311 e. The summed E-state index contributed by atoms with van der Waals surface area (Å²) in [5.74, 6) is -2.41. The number of phenolic OH excluding ortho intramolecular Hbond substituents is 3. The minimum absolute atomic E-state index is 0.00394. The first kappa shape index (κ1) is 19.5. The van der Waals surface area contributed by atoms with E-state index in [2.05, 4.69) is 0 Å². The Balaban J connectivity index is 2.64. The first-order chi connectivity index (χ1) is 12.0. The first-order valence-corrected chi connectivity index (χ1v) is 8.97. The highest BCUT2D eigenvalue weighted by molar-refractivity contribution is 6.49. The predicted molar refractivity (Wildman–Crippen MR) is 95.2 cm³/mol. The molecule has 0 aromatic heterocycles. The minimum Gasteiger partial charge on any atom is -0.507 e. The number of carbonyl (C=O) groups excluding carboxylic acids is 1. The van der Waals surface area contributed by atoms with Gasteiger partial charge in [-0.3, -0.25) is 14.9 Å². The fourth-order valence-electron chi connectivity index (χ4n) is 2.37. The number of esters is 1. The van der Waals surface area contributed by atoms with E-state index in [0.29, 0.717) is 0 Å². The normalized spacial score (nSPS) is 12.0. The monoisotopic (exact) mass is 381 g/mol. The van der Waals surface area contributed by atoms with Crippen LogP contribution in [0.3, 0.4) is 0 Å². The molecule has 0 heterocycles. The summed E-state index contributed by atoms with van der Waals surface area (Å²) in [4.78, 5) is 31.9. The van der Waals surface area contributed by atoms with E-state index in [9.17, 15) is 35.0 Å². The van der Waals surface area contributed by atoms with Crippen molar-refractivity contribution in [2.45, 2.75) is 27.4 Å². The molecular weight excluding hydrogens is 362 g/mol. The van der Waals surface area contributed by atoms with Gasteiger partial charge in [-0.2, -0.15) is 0 Å². The van der Waals surface area contributed by atoms with E-state index in [-0.39, 0.29) is 21.5 Å². The third-order valence-corrected chi connectivity index (χ3v) is 4.84. The maximum absolute atomic E-state index is 11.9. The second-order valence-corrected chi connectivity index (χ2v) is 7.82. The molecule has 0 radical (unpaired) electrons. The second-order valence-electron chi connectivity index (χ2n) is 6.79. The van der Waals surface area contributed by atoms with Crippen LogP contribution in [0.15, 0.2) is 12.1 Å². The number of ether oxygens (including phenoxy) is 1. The summed E-state index contributed by atoms with van der Waals surface area (Å²) in [6.45, 7) is 4.49. The van der Waals surface area contributed by atoms with Crippen LogP contribution in [0, 0.1) is 15.5 Å². The average molecular weight is 381 g/mol. The Kier molecular flexibility index (Phi) is 5.10. The SMILES string of the molecule is CC(C)(C)C(=O)OCc1cc2c(O)c([SiH2]O)c(O)c(O)c2cc1[N+](=O)[O-]. The molecule has 0 saturated carbocycles. The van der Waals surface area contributed by atoms with Gasteiger partial charge in [-0.15, -0.1) is 0 Å². The number of rotatable bonds is 4. The minimum atomic E-state index is -2.04. The van der Waals surface area contributed by atoms with E-state index in [4.69, 9.17) is 4.74 Å². The van der Waals surface area contributed by atoms with Gasteiger partial charge in [0, 0.05) is 22.0 Å². The van der Waals surface area contributed by atoms with E-state index in [1.807, 2.05) is 0 Å². The van der Waals surface area contributed by atoms with Gasteiger partial charge in [0.15, 0.2) is 21.3 Å².